The van der Waals surface area contributed by atoms with E-state index in [9.17, 15) is 4.79 Å². The highest BCUT2D eigenvalue weighted by Crippen LogP contribution is 2.15. The quantitative estimate of drug-likeness (QED) is 0.807. The number of amides is 1. The smallest absolute Gasteiger partial charge is 0.407 e. The first-order valence-electron chi connectivity index (χ1n) is 5.97. The lowest BCUT2D eigenvalue weighted by Gasteiger charge is -2.20. The first-order chi connectivity index (χ1) is 8.38. The SMILES string of the molecule is CC(NCCNC(=O)OC(C)(C)C)c1cncs1. The van der Waals surface area contributed by atoms with E-state index in [0.29, 0.717) is 13.1 Å². The number of alkyl carbamates (subject to hydrolysis) is 1. The van der Waals surface area contributed by atoms with E-state index in [1.807, 2.05) is 32.5 Å². The van der Waals surface area contributed by atoms with Gasteiger partial charge in [-0.2, -0.15) is 0 Å². The maximum atomic E-state index is 11.4. The summed E-state index contributed by atoms with van der Waals surface area (Å²) in [5.41, 5.74) is 1.36. The molecule has 102 valence electrons. The molecule has 0 aliphatic rings. The van der Waals surface area contributed by atoms with Crippen LogP contribution in [0.4, 0.5) is 4.79 Å². The third kappa shape index (κ3) is 5.97. The minimum absolute atomic E-state index is 0.248. The van der Waals surface area contributed by atoms with Gasteiger partial charge >= 0.3 is 6.09 Å². The molecule has 1 aromatic heterocycles. The number of ether oxygens (including phenoxy) is 1. The van der Waals surface area contributed by atoms with Gasteiger partial charge in [0.1, 0.15) is 5.60 Å². The summed E-state index contributed by atoms with van der Waals surface area (Å²) >= 11 is 1.62. The highest BCUT2D eigenvalue weighted by molar-refractivity contribution is 7.09. The number of thiazole rings is 1. The molecule has 1 heterocycles. The van der Waals surface area contributed by atoms with Crippen LogP contribution in [0.2, 0.25) is 0 Å². The highest BCUT2D eigenvalue weighted by Gasteiger charge is 2.15. The summed E-state index contributed by atoms with van der Waals surface area (Å²) in [6, 6.07) is 0.248. The minimum atomic E-state index is -0.451. The summed E-state index contributed by atoms with van der Waals surface area (Å²) in [6.45, 7) is 8.83. The Balaban J connectivity index is 2.14. The van der Waals surface area contributed by atoms with Crippen LogP contribution in [-0.2, 0) is 4.74 Å². The Kier molecular flexibility index (Phi) is 5.55. The van der Waals surface area contributed by atoms with E-state index < -0.39 is 5.60 Å². The Bertz CT molecular complexity index is 360. The van der Waals surface area contributed by atoms with E-state index in [2.05, 4.69) is 22.5 Å². The Morgan fingerprint density at radius 3 is 2.78 bits per heavy atom. The number of hydrogen-bond acceptors (Lipinski definition) is 5. The molecule has 0 saturated carbocycles. The van der Waals surface area contributed by atoms with E-state index >= 15 is 0 Å². The molecule has 0 spiro atoms. The van der Waals surface area contributed by atoms with Crippen LogP contribution < -0.4 is 10.6 Å². The number of aromatic nitrogens is 1. The number of hydrogen-bond donors (Lipinski definition) is 2. The molecule has 0 radical (unpaired) electrons. The normalized spacial score (nSPS) is 13.1. The van der Waals surface area contributed by atoms with Crippen LogP contribution in [0.3, 0.4) is 0 Å². The van der Waals surface area contributed by atoms with E-state index in [1.165, 1.54) is 4.88 Å². The van der Waals surface area contributed by atoms with Crippen molar-refractivity contribution in [2.45, 2.75) is 39.3 Å². The minimum Gasteiger partial charge on any atom is -0.444 e. The summed E-state index contributed by atoms with van der Waals surface area (Å²) < 4.78 is 5.13. The van der Waals surface area contributed by atoms with Gasteiger partial charge in [-0.1, -0.05) is 0 Å². The van der Waals surface area contributed by atoms with Gasteiger partial charge in [0.2, 0.25) is 0 Å². The Morgan fingerprint density at radius 1 is 1.50 bits per heavy atom. The van der Waals surface area contributed by atoms with Crippen LogP contribution in [0.25, 0.3) is 0 Å². The van der Waals surface area contributed by atoms with Gasteiger partial charge in [0.25, 0.3) is 0 Å². The van der Waals surface area contributed by atoms with E-state index in [0.717, 1.165) is 0 Å². The molecule has 0 saturated heterocycles. The van der Waals surface area contributed by atoms with E-state index in [1.54, 1.807) is 11.3 Å². The largest absolute Gasteiger partial charge is 0.444 e. The fourth-order valence-electron chi connectivity index (χ4n) is 1.31. The molecule has 1 unspecified atom stereocenters. The predicted molar refractivity (Wildman–Crippen MR) is 72.8 cm³/mol. The number of nitrogens with zero attached hydrogens (tertiary/aromatic N) is 1. The second kappa shape index (κ2) is 6.70. The molecule has 0 bridgehead atoms. The molecule has 6 heteroatoms. The fourth-order valence-corrected chi connectivity index (χ4v) is 1.96. The molecule has 1 aromatic rings. The highest BCUT2D eigenvalue weighted by atomic mass is 32.1. The summed E-state index contributed by atoms with van der Waals surface area (Å²) in [5.74, 6) is 0. The Labute approximate surface area is 112 Å². The molecule has 0 aliphatic heterocycles. The summed E-state index contributed by atoms with van der Waals surface area (Å²) in [7, 11) is 0. The van der Waals surface area contributed by atoms with E-state index in [-0.39, 0.29) is 12.1 Å². The number of carbonyl (C=O) groups is 1. The van der Waals surface area contributed by atoms with Gasteiger partial charge in [-0.15, -0.1) is 11.3 Å². The monoisotopic (exact) mass is 271 g/mol. The van der Waals surface area contributed by atoms with Crippen LogP contribution in [0.15, 0.2) is 11.7 Å². The van der Waals surface area contributed by atoms with Crippen molar-refractivity contribution in [3.63, 3.8) is 0 Å². The molecule has 2 N–H and O–H groups in total. The van der Waals surface area contributed by atoms with Crippen molar-refractivity contribution in [1.29, 1.82) is 0 Å². The zero-order valence-electron chi connectivity index (χ0n) is 11.3. The van der Waals surface area contributed by atoms with Crippen LogP contribution in [0.1, 0.15) is 38.6 Å². The zero-order chi connectivity index (χ0) is 13.6. The fraction of sp³-hybridized carbons (Fsp3) is 0.667. The van der Waals surface area contributed by atoms with E-state index in [4.69, 9.17) is 4.74 Å². The molecule has 1 rings (SSSR count). The van der Waals surface area contributed by atoms with Gasteiger partial charge in [0.05, 0.1) is 5.51 Å². The molecule has 5 nitrogen and oxygen atoms in total. The van der Waals surface area contributed by atoms with Gasteiger partial charge in [0, 0.05) is 30.2 Å². The standard InChI is InChI=1S/C12H21N3O2S/c1-9(10-7-13-8-18-10)14-5-6-15-11(16)17-12(2,3)4/h7-9,14H,5-6H2,1-4H3,(H,15,16). The summed E-state index contributed by atoms with van der Waals surface area (Å²) in [6.07, 6.45) is 1.47. The van der Waals surface area contributed by atoms with Crippen LogP contribution in [-0.4, -0.2) is 29.8 Å². The van der Waals surface area contributed by atoms with Crippen molar-refractivity contribution in [1.82, 2.24) is 15.6 Å². The van der Waals surface area contributed by atoms with Gasteiger partial charge in [-0.3, -0.25) is 4.98 Å². The molecule has 18 heavy (non-hydrogen) atoms. The van der Waals surface area contributed by atoms with Crippen molar-refractivity contribution < 1.29 is 9.53 Å². The second-order valence-electron chi connectivity index (χ2n) is 5.01. The zero-order valence-corrected chi connectivity index (χ0v) is 12.1. The first-order valence-corrected chi connectivity index (χ1v) is 6.85. The van der Waals surface area contributed by atoms with Gasteiger partial charge in [-0.05, 0) is 27.7 Å². The average Bonchev–Trinajstić information content (AvgIpc) is 2.74. The lowest BCUT2D eigenvalue weighted by Crippen LogP contribution is -2.36. The summed E-state index contributed by atoms with van der Waals surface area (Å²) in [5, 5.41) is 6.01. The number of nitrogens with one attached hydrogen (secondary N) is 2. The first kappa shape index (κ1) is 14.9. The molecular weight excluding hydrogens is 250 g/mol. The maximum Gasteiger partial charge on any atom is 0.407 e. The second-order valence-corrected chi connectivity index (χ2v) is 5.93. The van der Waals surface area contributed by atoms with Crippen LogP contribution in [0, 0.1) is 0 Å². The molecular formula is C12H21N3O2S. The third-order valence-corrected chi connectivity index (χ3v) is 3.08. The Hall–Kier alpha value is -1.14. The molecule has 1 amide bonds. The van der Waals surface area contributed by atoms with Crippen molar-refractivity contribution in [3.05, 3.63) is 16.6 Å². The van der Waals surface area contributed by atoms with Crippen molar-refractivity contribution >= 4 is 17.4 Å². The molecule has 0 aromatic carbocycles. The van der Waals surface area contributed by atoms with Crippen molar-refractivity contribution in [2.24, 2.45) is 0 Å². The molecule has 0 fully saturated rings. The van der Waals surface area contributed by atoms with Gasteiger partial charge < -0.3 is 15.4 Å². The van der Waals surface area contributed by atoms with Crippen LogP contribution in [0.5, 0.6) is 0 Å². The third-order valence-electron chi connectivity index (χ3n) is 2.12. The van der Waals surface area contributed by atoms with Gasteiger partial charge in [-0.25, -0.2) is 4.79 Å². The average molecular weight is 271 g/mol. The topological polar surface area (TPSA) is 63.2 Å². The van der Waals surface area contributed by atoms with Crippen LogP contribution >= 0.6 is 11.3 Å². The van der Waals surface area contributed by atoms with Crippen molar-refractivity contribution in [2.75, 3.05) is 13.1 Å². The molecule has 0 aliphatic carbocycles. The van der Waals surface area contributed by atoms with Gasteiger partial charge in [0.15, 0.2) is 0 Å². The molecule has 1 atom stereocenters. The number of rotatable bonds is 5. The lowest BCUT2D eigenvalue weighted by atomic mass is 10.2. The lowest BCUT2D eigenvalue weighted by molar-refractivity contribution is 0.0528. The Morgan fingerprint density at radius 2 is 2.22 bits per heavy atom. The predicted octanol–water partition coefficient (Wildman–Crippen LogP) is 2.32. The summed E-state index contributed by atoms with van der Waals surface area (Å²) in [4.78, 5) is 16.6. The maximum absolute atomic E-state index is 11.4. The van der Waals surface area contributed by atoms with Crippen molar-refractivity contribution in [3.8, 4) is 0 Å². The number of carbonyl (C=O) groups excluding carboxylic acids is 1.